The molecule has 0 radical (unpaired) electrons. The lowest BCUT2D eigenvalue weighted by Crippen LogP contribution is -2.06. The van der Waals surface area contributed by atoms with Crippen LogP contribution in [0.25, 0.3) is 0 Å². The molecule has 0 aliphatic heterocycles. The Balaban J connectivity index is 1.70. The predicted molar refractivity (Wildman–Crippen MR) is 72.0 cm³/mol. The Morgan fingerprint density at radius 1 is 1.28 bits per heavy atom. The summed E-state index contributed by atoms with van der Waals surface area (Å²) in [7, 11) is 0. The summed E-state index contributed by atoms with van der Waals surface area (Å²) in [6.45, 7) is 1.75. The van der Waals surface area contributed by atoms with Crippen molar-refractivity contribution < 1.29 is 0 Å². The topological polar surface area (TPSA) is 55.6 Å². The van der Waals surface area contributed by atoms with Crippen LogP contribution in [-0.2, 0) is 6.54 Å². The second-order valence-electron chi connectivity index (χ2n) is 3.77. The van der Waals surface area contributed by atoms with Crippen molar-refractivity contribution in [3.63, 3.8) is 0 Å². The smallest absolute Gasteiger partial charge is 0.224 e. The van der Waals surface area contributed by atoms with E-state index < -0.39 is 0 Å². The van der Waals surface area contributed by atoms with Crippen molar-refractivity contribution in [3.05, 3.63) is 35.2 Å². The first kappa shape index (κ1) is 13.1. The highest BCUT2D eigenvalue weighted by molar-refractivity contribution is 6.33. The number of anilines is 1. The van der Waals surface area contributed by atoms with Crippen molar-refractivity contribution in [2.75, 3.05) is 11.9 Å². The molecule has 0 aromatic carbocycles. The van der Waals surface area contributed by atoms with Crippen molar-refractivity contribution in [1.82, 2.24) is 19.5 Å². The monoisotopic (exact) mass is 285 g/mol. The van der Waals surface area contributed by atoms with Gasteiger partial charge in [0.2, 0.25) is 5.28 Å². The average Bonchev–Trinajstić information content (AvgIpc) is 2.86. The van der Waals surface area contributed by atoms with E-state index in [1.807, 2.05) is 12.5 Å². The molecule has 0 bridgehead atoms. The minimum atomic E-state index is 0.195. The van der Waals surface area contributed by atoms with E-state index in [2.05, 4.69) is 24.8 Å². The fourth-order valence-corrected chi connectivity index (χ4v) is 1.81. The van der Waals surface area contributed by atoms with E-state index in [1.54, 1.807) is 6.20 Å². The fourth-order valence-electron chi connectivity index (χ4n) is 1.51. The van der Waals surface area contributed by atoms with Crippen LogP contribution in [0.5, 0.6) is 0 Å². The van der Waals surface area contributed by atoms with Crippen molar-refractivity contribution in [2.24, 2.45) is 0 Å². The molecule has 0 saturated carbocycles. The van der Waals surface area contributed by atoms with E-state index in [0.717, 1.165) is 25.9 Å². The Morgan fingerprint density at radius 3 is 2.94 bits per heavy atom. The molecule has 7 heteroatoms. The van der Waals surface area contributed by atoms with E-state index in [0.29, 0.717) is 10.8 Å². The highest BCUT2D eigenvalue weighted by Crippen LogP contribution is 2.19. The first-order chi connectivity index (χ1) is 8.75. The Kier molecular flexibility index (Phi) is 4.78. The van der Waals surface area contributed by atoms with E-state index in [9.17, 15) is 0 Å². The number of imidazole rings is 1. The molecule has 2 aromatic rings. The molecule has 0 unspecified atom stereocenters. The number of nitrogens with one attached hydrogen (secondary N) is 1. The lowest BCUT2D eigenvalue weighted by Gasteiger charge is -2.07. The number of rotatable bonds is 6. The summed E-state index contributed by atoms with van der Waals surface area (Å²) >= 11 is 11.6. The van der Waals surface area contributed by atoms with Crippen molar-refractivity contribution in [2.45, 2.75) is 19.4 Å². The summed E-state index contributed by atoms with van der Waals surface area (Å²) in [5, 5.41) is 3.82. The van der Waals surface area contributed by atoms with E-state index in [4.69, 9.17) is 23.2 Å². The Labute approximate surface area is 115 Å². The zero-order valence-electron chi connectivity index (χ0n) is 9.68. The van der Waals surface area contributed by atoms with Gasteiger partial charge >= 0.3 is 0 Å². The van der Waals surface area contributed by atoms with E-state index >= 15 is 0 Å². The third-order valence-corrected chi connectivity index (χ3v) is 2.87. The van der Waals surface area contributed by atoms with Crippen LogP contribution in [0, 0.1) is 0 Å². The first-order valence-electron chi connectivity index (χ1n) is 5.63. The SMILES string of the molecule is Clc1ncc(Cl)c(NCCCCn2ccnc2)n1. The number of halogens is 2. The lowest BCUT2D eigenvalue weighted by molar-refractivity contribution is 0.620. The summed E-state index contributed by atoms with van der Waals surface area (Å²) in [6, 6.07) is 0. The van der Waals surface area contributed by atoms with Gasteiger partial charge in [-0.2, -0.15) is 4.98 Å². The van der Waals surface area contributed by atoms with Gasteiger partial charge in [0.25, 0.3) is 0 Å². The van der Waals surface area contributed by atoms with Gasteiger partial charge in [-0.05, 0) is 24.4 Å². The molecule has 18 heavy (non-hydrogen) atoms. The average molecular weight is 286 g/mol. The standard InChI is InChI=1S/C11H13Cl2N5/c12-9-7-16-11(13)17-10(9)15-3-1-2-5-18-6-4-14-8-18/h4,6-8H,1-3,5H2,(H,15,16,17). The number of aromatic nitrogens is 4. The zero-order chi connectivity index (χ0) is 12.8. The molecule has 0 fully saturated rings. The van der Waals surface area contributed by atoms with Gasteiger partial charge in [0.05, 0.1) is 12.5 Å². The van der Waals surface area contributed by atoms with Crippen LogP contribution in [0.3, 0.4) is 0 Å². The Bertz CT molecular complexity index is 486. The molecule has 0 spiro atoms. The minimum Gasteiger partial charge on any atom is -0.369 e. The normalized spacial score (nSPS) is 10.6. The molecule has 0 saturated heterocycles. The van der Waals surface area contributed by atoms with Crippen LogP contribution in [0.2, 0.25) is 10.3 Å². The van der Waals surface area contributed by atoms with Crippen LogP contribution in [0.4, 0.5) is 5.82 Å². The molecule has 96 valence electrons. The highest BCUT2D eigenvalue weighted by atomic mass is 35.5. The summed E-state index contributed by atoms with van der Waals surface area (Å²) in [4.78, 5) is 11.8. The number of hydrogen-bond donors (Lipinski definition) is 1. The van der Waals surface area contributed by atoms with Gasteiger partial charge in [-0.1, -0.05) is 11.6 Å². The van der Waals surface area contributed by atoms with Crippen molar-refractivity contribution >= 4 is 29.0 Å². The summed E-state index contributed by atoms with van der Waals surface area (Å²) in [5.41, 5.74) is 0. The second kappa shape index (κ2) is 6.56. The van der Waals surface area contributed by atoms with Crippen molar-refractivity contribution in [1.29, 1.82) is 0 Å². The molecular formula is C11H13Cl2N5. The second-order valence-corrected chi connectivity index (χ2v) is 4.52. The predicted octanol–water partition coefficient (Wildman–Crippen LogP) is 2.87. The van der Waals surface area contributed by atoms with Gasteiger partial charge in [0.1, 0.15) is 10.8 Å². The Morgan fingerprint density at radius 2 is 2.17 bits per heavy atom. The van der Waals surface area contributed by atoms with Gasteiger partial charge in [-0.3, -0.25) is 0 Å². The maximum atomic E-state index is 5.93. The van der Waals surface area contributed by atoms with Crippen LogP contribution in [-0.4, -0.2) is 26.1 Å². The molecule has 2 rings (SSSR count). The minimum absolute atomic E-state index is 0.195. The van der Waals surface area contributed by atoms with Gasteiger partial charge in [-0.25, -0.2) is 9.97 Å². The molecule has 0 amide bonds. The van der Waals surface area contributed by atoms with Crippen LogP contribution in [0.1, 0.15) is 12.8 Å². The molecular weight excluding hydrogens is 273 g/mol. The van der Waals surface area contributed by atoms with Gasteiger partial charge in [0, 0.05) is 25.5 Å². The number of aryl methyl sites for hydroxylation is 1. The molecule has 0 aliphatic carbocycles. The quantitative estimate of drug-likeness (QED) is 0.655. The molecule has 0 atom stereocenters. The molecule has 5 nitrogen and oxygen atoms in total. The summed E-state index contributed by atoms with van der Waals surface area (Å²) in [6.07, 6.45) is 9.10. The maximum absolute atomic E-state index is 5.93. The fraction of sp³-hybridized carbons (Fsp3) is 0.364. The molecule has 2 heterocycles. The third kappa shape index (κ3) is 3.85. The number of hydrogen-bond acceptors (Lipinski definition) is 4. The summed E-state index contributed by atoms with van der Waals surface area (Å²) in [5.74, 6) is 0.583. The summed E-state index contributed by atoms with van der Waals surface area (Å²) < 4.78 is 2.05. The van der Waals surface area contributed by atoms with Gasteiger partial charge in [0.15, 0.2) is 0 Å². The lowest BCUT2D eigenvalue weighted by atomic mass is 10.3. The highest BCUT2D eigenvalue weighted by Gasteiger charge is 2.02. The van der Waals surface area contributed by atoms with Gasteiger partial charge < -0.3 is 9.88 Å². The molecule has 2 aromatic heterocycles. The van der Waals surface area contributed by atoms with Gasteiger partial charge in [-0.15, -0.1) is 0 Å². The maximum Gasteiger partial charge on any atom is 0.224 e. The number of nitrogens with zero attached hydrogens (tertiary/aromatic N) is 4. The number of unbranched alkanes of at least 4 members (excludes halogenated alkanes) is 1. The van der Waals surface area contributed by atoms with Crippen LogP contribution < -0.4 is 5.32 Å². The zero-order valence-corrected chi connectivity index (χ0v) is 11.2. The third-order valence-electron chi connectivity index (χ3n) is 2.41. The van der Waals surface area contributed by atoms with Crippen LogP contribution in [0.15, 0.2) is 24.9 Å². The Hall–Kier alpha value is -1.33. The molecule has 1 N–H and O–H groups in total. The first-order valence-corrected chi connectivity index (χ1v) is 6.39. The van der Waals surface area contributed by atoms with E-state index in [-0.39, 0.29) is 5.28 Å². The largest absolute Gasteiger partial charge is 0.369 e. The van der Waals surface area contributed by atoms with E-state index in [1.165, 1.54) is 6.20 Å². The van der Waals surface area contributed by atoms with Crippen LogP contribution >= 0.6 is 23.2 Å². The van der Waals surface area contributed by atoms with Crippen molar-refractivity contribution in [3.8, 4) is 0 Å². The molecule has 0 aliphatic rings.